The number of aromatic hydroxyl groups is 1. The Labute approximate surface area is 122 Å². The highest BCUT2D eigenvalue weighted by molar-refractivity contribution is 5.38. The van der Waals surface area contributed by atoms with Gasteiger partial charge in [-0.3, -0.25) is 0 Å². The van der Waals surface area contributed by atoms with Crippen molar-refractivity contribution in [3.63, 3.8) is 0 Å². The summed E-state index contributed by atoms with van der Waals surface area (Å²) >= 11 is 0. The largest absolute Gasteiger partial charge is 0.508 e. The Bertz CT molecular complexity index is 425. The summed E-state index contributed by atoms with van der Waals surface area (Å²) in [5, 5.41) is 9.57. The molecule has 1 aromatic carbocycles. The average molecular weight is 272 g/mol. The van der Waals surface area contributed by atoms with Crippen LogP contribution in [0.1, 0.15) is 11.1 Å². The summed E-state index contributed by atoms with van der Waals surface area (Å²) in [7, 11) is 0. The second-order valence-electron chi connectivity index (χ2n) is 4.06. The average Bonchev–Trinajstić information content (AvgIpc) is 2.44. The molecule has 1 aromatic rings. The summed E-state index contributed by atoms with van der Waals surface area (Å²) in [6.45, 7) is 15.5. The molecule has 0 fully saturated rings. The van der Waals surface area contributed by atoms with Gasteiger partial charge in [0.25, 0.3) is 0 Å². The summed E-state index contributed by atoms with van der Waals surface area (Å²) < 4.78 is 4.90. The molecule has 0 saturated heterocycles. The Kier molecular flexibility index (Phi) is 10.8. The Balaban J connectivity index is 0.000000441. The summed E-state index contributed by atoms with van der Waals surface area (Å²) in [5.74, 6) is 0.347. The minimum Gasteiger partial charge on any atom is -0.508 e. The third kappa shape index (κ3) is 8.11. The number of phenols is 1. The number of phenolic OH excluding ortho intramolecular Hbond substituents is 1. The molecule has 0 unspecified atom stereocenters. The van der Waals surface area contributed by atoms with Crippen LogP contribution in [0, 0.1) is 0 Å². The number of hydrogen-bond donors (Lipinski definition) is 1. The van der Waals surface area contributed by atoms with Gasteiger partial charge in [-0.05, 0) is 30.0 Å². The predicted molar refractivity (Wildman–Crippen MR) is 87.1 cm³/mol. The minimum absolute atomic E-state index is 0.347. The normalized spacial score (nSPS) is 9.00. The molecule has 0 heterocycles. The van der Waals surface area contributed by atoms with Gasteiger partial charge in [0.15, 0.2) is 0 Å². The molecule has 20 heavy (non-hydrogen) atoms. The second kappa shape index (κ2) is 12.0. The first-order valence-corrected chi connectivity index (χ1v) is 6.51. The lowest BCUT2D eigenvalue weighted by molar-refractivity contribution is 0.194. The molecule has 0 radical (unpaired) electrons. The van der Waals surface area contributed by atoms with Gasteiger partial charge in [-0.2, -0.15) is 0 Å². The van der Waals surface area contributed by atoms with Crippen molar-refractivity contribution >= 4 is 0 Å². The Morgan fingerprint density at radius 3 is 1.95 bits per heavy atom. The SMILES string of the molecule is C=CCOCC=C.C=CCc1ccc(CC=C)c(O)c1. The monoisotopic (exact) mass is 272 g/mol. The third-order valence-corrected chi connectivity index (χ3v) is 2.37. The van der Waals surface area contributed by atoms with Crippen molar-refractivity contribution in [1.29, 1.82) is 0 Å². The third-order valence-electron chi connectivity index (χ3n) is 2.37. The molecule has 2 nitrogen and oxygen atoms in total. The van der Waals surface area contributed by atoms with Crippen LogP contribution in [0.25, 0.3) is 0 Å². The van der Waals surface area contributed by atoms with Gasteiger partial charge in [0.2, 0.25) is 0 Å². The zero-order valence-electron chi connectivity index (χ0n) is 12.1. The van der Waals surface area contributed by atoms with E-state index in [1.54, 1.807) is 24.3 Å². The number of benzene rings is 1. The fraction of sp³-hybridized carbons (Fsp3) is 0.222. The molecule has 0 aliphatic carbocycles. The molecule has 0 atom stereocenters. The van der Waals surface area contributed by atoms with Crippen LogP contribution in [0.3, 0.4) is 0 Å². The van der Waals surface area contributed by atoms with Crippen molar-refractivity contribution in [2.24, 2.45) is 0 Å². The van der Waals surface area contributed by atoms with Gasteiger partial charge in [0, 0.05) is 0 Å². The van der Waals surface area contributed by atoms with Crippen molar-refractivity contribution in [2.75, 3.05) is 13.2 Å². The molecule has 0 spiro atoms. The predicted octanol–water partition coefficient (Wildman–Crippen LogP) is 4.22. The van der Waals surface area contributed by atoms with E-state index in [4.69, 9.17) is 4.74 Å². The molecule has 0 aliphatic heterocycles. The van der Waals surface area contributed by atoms with Gasteiger partial charge in [-0.1, -0.05) is 36.4 Å². The quantitative estimate of drug-likeness (QED) is 0.567. The highest BCUT2D eigenvalue weighted by atomic mass is 16.5. The van der Waals surface area contributed by atoms with Crippen molar-refractivity contribution in [3.8, 4) is 5.75 Å². The molecule has 2 heteroatoms. The van der Waals surface area contributed by atoms with Crippen molar-refractivity contribution in [1.82, 2.24) is 0 Å². The molecule has 0 aliphatic rings. The molecule has 0 aromatic heterocycles. The van der Waals surface area contributed by atoms with Gasteiger partial charge in [0.1, 0.15) is 5.75 Å². The number of rotatable bonds is 8. The first kappa shape index (κ1) is 17.9. The lowest BCUT2D eigenvalue weighted by atomic mass is 10.1. The Morgan fingerprint density at radius 2 is 1.50 bits per heavy atom. The standard InChI is InChI=1S/C12H14O.C6H10O/c1-3-5-10-7-8-11(6-4-2)12(13)9-10;1-3-5-7-6-4-2/h3-4,7-9,13H,1-2,5-6H2;3-4H,1-2,5-6H2. The number of allylic oxidation sites excluding steroid dienone is 2. The maximum absolute atomic E-state index is 9.57. The van der Waals surface area contributed by atoms with Crippen molar-refractivity contribution < 1.29 is 9.84 Å². The van der Waals surface area contributed by atoms with Crippen LogP contribution in [0.5, 0.6) is 5.75 Å². The molecule has 0 saturated carbocycles. The topological polar surface area (TPSA) is 29.5 Å². The van der Waals surface area contributed by atoms with E-state index in [0.717, 1.165) is 17.5 Å². The summed E-state index contributed by atoms with van der Waals surface area (Å²) in [5.41, 5.74) is 2.00. The van der Waals surface area contributed by atoms with E-state index in [1.165, 1.54) is 0 Å². The molecule has 0 amide bonds. The van der Waals surface area contributed by atoms with Crippen LogP contribution in [-0.4, -0.2) is 18.3 Å². The maximum atomic E-state index is 9.57. The van der Waals surface area contributed by atoms with Crippen LogP contribution in [-0.2, 0) is 17.6 Å². The number of hydrogen-bond acceptors (Lipinski definition) is 2. The fourth-order valence-corrected chi connectivity index (χ4v) is 1.47. The second-order valence-corrected chi connectivity index (χ2v) is 4.06. The van der Waals surface area contributed by atoms with Gasteiger partial charge in [-0.15, -0.1) is 26.3 Å². The minimum atomic E-state index is 0.347. The van der Waals surface area contributed by atoms with E-state index in [9.17, 15) is 5.11 Å². The Morgan fingerprint density at radius 1 is 0.900 bits per heavy atom. The van der Waals surface area contributed by atoms with Crippen LogP contribution >= 0.6 is 0 Å². The zero-order valence-corrected chi connectivity index (χ0v) is 12.1. The number of ether oxygens (including phenoxy) is 1. The van der Waals surface area contributed by atoms with Crippen molar-refractivity contribution in [3.05, 3.63) is 79.9 Å². The van der Waals surface area contributed by atoms with Gasteiger partial charge in [-0.25, -0.2) is 0 Å². The summed E-state index contributed by atoms with van der Waals surface area (Å²) in [4.78, 5) is 0. The molecular weight excluding hydrogens is 248 g/mol. The van der Waals surface area contributed by atoms with Gasteiger partial charge < -0.3 is 9.84 Å². The molecule has 1 N–H and O–H groups in total. The molecule has 108 valence electrons. The molecule has 1 rings (SSSR count). The lowest BCUT2D eigenvalue weighted by Crippen LogP contribution is -1.87. The maximum Gasteiger partial charge on any atom is 0.119 e. The van der Waals surface area contributed by atoms with E-state index < -0.39 is 0 Å². The van der Waals surface area contributed by atoms with Crippen LogP contribution < -0.4 is 0 Å². The van der Waals surface area contributed by atoms with E-state index in [-0.39, 0.29) is 0 Å². The first-order chi connectivity index (χ1) is 9.69. The lowest BCUT2D eigenvalue weighted by Gasteiger charge is -2.03. The highest BCUT2D eigenvalue weighted by Gasteiger charge is 1.99. The fourth-order valence-electron chi connectivity index (χ4n) is 1.47. The van der Waals surface area contributed by atoms with Gasteiger partial charge >= 0.3 is 0 Å². The van der Waals surface area contributed by atoms with E-state index in [2.05, 4.69) is 26.3 Å². The molecule has 0 bridgehead atoms. The smallest absolute Gasteiger partial charge is 0.119 e. The van der Waals surface area contributed by atoms with E-state index in [0.29, 0.717) is 25.4 Å². The van der Waals surface area contributed by atoms with E-state index >= 15 is 0 Å². The summed E-state index contributed by atoms with van der Waals surface area (Å²) in [6, 6.07) is 5.70. The van der Waals surface area contributed by atoms with Crippen LogP contribution in [0.15, 0.2) is 68.8 Å². The van der Waals surface area contributed by atoms with Crippen LogP contribution in [0.4, 0.5) is 0 Å². The zero-order chi connectivity index (χ0) is 15.2. The Hall–Kier alpha value is -2.06. The highest BCUT2D eigenvalue weighted by Crippen LogP contribution is 2.19. The van der Waals surface area contributed by atoms with Crippen LogP contribution in [0.2, 0.25) is 0 Å². The van der Waals surface area contributed by atoms with E-state index in [1.807, 2.05) is 18.2 Å². The first-order valence-electron chi connectivity index (χ1n) is 6.51. The van der Waals surface area contributed by atoms with Gasteiger partial charge in [0.05, 0.1) is 13.2 Å². The summed E-state index contributed by atoms with van der Waals surface area (Å²) in [6.07, 6.45) is 8.53. The molecular formula is C18H24O2. The van der Waals surface area contributed by atoms with Crippen molar-refractivity contribution in [2.45, 2.75) is 12.8 Å².